The number of hydrogen-bond donors (Lipinski definition) is 1. The summed E-state index contributed by atoms with van der Waals surface area (Å²) in [6.45, 7) is 1.49. The summed E-state index contributed by atoms with van der Waals surface area (Å²) in [6, 6.07) is 14.8. The van der Waals surface area contributed by atoms with Crippen molar-refractivity contribution in [2.45, 2.75) is 45.2 Å². The molecular formula is C21H23Cl2N2O2+. The molecule has 1 N–H and O–H groups in total. The number of carboxylic acids is 1. The number of unbranched alkanes of at least 4 members (excludes halogenated alkanes) is 2. The smallest absolute Gasteiger partial charge is 0.303 e. The monoisotopic (exact) mass is 405 g/mol. The summed E-state index contributed by atoms with van der Waals surface area (Å²) >= 11 is 12.7. The molecule has 1 heterocycles. The molecule has 0 atom stereocenters. The molecule has 3 rings (SSSR count). The molecule has 0 aliphatic heterocycles. The first-order valence-electron chi connectivity index (χ1n) is 9.17. The van der Waals surface area contributed by atoms with Crippen LogP contribution in [0.2, 0.25) is 10.3 Å². The zero-order chi connectivity index (χ0) is 19.2. The number of carboxylic acid groups (broad SMARTS) is 1. The highest BCUT2D eigenvalue weighted by Gasteiger charge is 2.19. The zero-order valence-electron chi connectivity index (χ0n) is 15.1. The fraction of sp³-hybridized carbons (Fsp3) is 0.333. The molecule has 0 fully saturated rings. The number of hydrogen-bond acceptors (Lipinski definition) is 1. The van der Waals surface area contributed by atoms with Gasteiger partial charge in [0.1, 0.15) is 0 Å². The molecule has 2 aromatic carbocycles. The van der Waals surface area contributed by atoms with Crippen LogP contribution in [-0.4, -0.2) is 15.6 Å². The second-order valence-corrected chi connectivity index (χ2v) is 7.44. The fourth-order valence-corrected chi connectivity index (χ4v) is 3.67. The van der Waals surface area contributed by atoms with E-state index in [0.29, 0.717) is 16.7 Å². The third kappa shape index (κ3) is 5.24. The minimum atomic E-state index is -0.747. The van der Waals surface area contributed by atoms with Gasteiger partial charge in [-0.3, -0.25) is 4.79 Å². The average Bonchev–Trinajstić information content (AvgIpc) is 2.93. The van der Waals surface area contributed by atoms with E-state index in [1.54, 1.807) is 0 Å². The molecule has 0 saturated heterocycles. The second kappa shape index (κ2) is 9.25. The van der Waals surface area contributed by atoms with Crippen molar-refractivity contribution in [2.75, 3.05) is 0 Å². The Balaban J connectivity index is 1.58. The number of aliphatic carboxylic acids is 1. The lowest BCUT2D eigenvalue weighted by Gasteiger charge is -2.03. The standard InChI is InChI=1S/C21H22Cl2N2O2/c22-20-21(23)25(15-24(20)12-5-1-2-8-19(26)27)13-11-16-9-10-17-6-3-4-7-18(17)14-16/h3-4,6-7,9-10,14-15H,1-2,5,8,11-13H2/p+1. The first-order chi connectivity index (χ1) is 13.0. The number of nitrogens with zero attached hydrogens (tertiary/aromatic N) is 2. The van der Waals surface area contributed by atoms with Gasteiger partial charge < -0.3 is 5.11 Å². The van der Waals surface area contributed by atoms with E-state index < -0.39 is 5.97 Å². The van der Waals surface area contributed by atoms with E-state index in [9.17, 15) is 4.79 Å². The highest BCUT2D eigenvalue weighted by Crippen LogP contribution is 2.21. The Morgan fingerprint density at radius 3 is 2.59 bits per heavy atom. The molecule has 0 saturated carbocycles. The molecule has 4 nitrogen and oxygen atoms in total. The van der Waals surface area contributed by atoms with Crippen molar-refractivity contribution in [3.05, 3.63) is 64.7 Å². The molecule has 0 amide bonds. The molecule has 0 aliphatic carbocycles. The summed E-state index contributed by atoms with van der Waals surface area (Å²) < 4.78 is 3.90. The van der Waals surface area contributed by atoms with E-state index in [0.717, 1.165) is 32.4 Å². The first kappa shape index (κ1) is 19.7. The third-order valence-corrected chi connectivity index (χ3v) is 5.59. The predicted molar refractivity (Wildman–Crippen MR) is 108 cm³/mol. The van der Waals surface area contributed by atoms with Gasteiger partial charge in [-0.05, 0) is 58.8 Å². The van der Waals surface area contributed by atoms with Crippen LogP contribution in [0, 0.1) is 0 Å². The summed E-state index contributed by atoms with van der Waals surface area (Å²) in [5.74, 6) is -0.747. The van der Waals surface area contributed by atoms with Gasteiger partial charge in [0.2, 0.25) is 6.33 Å². The maximum absolute atomic E-state index is 10.5. The van der Waals surface area contributed by atoms with Crippen molar-refractivity contribution in [1.29, 1.82) is 0 Å². The van der Waals surface area contributed by atoms with Crippen LogP contribution >= 0.6 is 23.2 Å². The third-order valence-electron chi connectivity index (χ3n) is 4.70. The normalized spacial score (nSPS) is 11.2. The molecule has 6 heteroatoms. The van der Waals surface area contributed by atoms with Gasteiger partial charge in [-0.2, -0.15) is 0 Å². The van der Waals surface area contributed by atoms with E-state index in [-0.39, 0.29) is 6.42 Å². The van der Waals surface area contributed by atoms with Crippen LogP contribution in [0.1, 0.15) is 31.2 Å². The quantitative estimate of drug-likeness (QED) is 0.396. The van der Waals surface area contributed by atoms with Crippen molar-refractivity contribution in [1.82, 2.24) is 4.57 Å². The van der Waals surface area contributed by atoms with Gasteiger partial charge in [0.05, 0.1) is 13.1 Å². The molecule has 0 spiro atoms. The summed E-state index contributed by atoms with van der Waals surface area (Å²) in [5.41, 5.74) is 1.26. The van der Waals surface area contributed by atoms with E-state index >= 15 is 0 Å². The molecule has 0 unspecified atom stereocenters. The molecular weight excluding hydrogens is 383 g/mol. The van der Waals surface area contributed by atoms with Gasteiger partial charge >= 0.3 is 5.97 Å². The summed E-state index contributed by atoms with van der Waals surface area (Å²) in [5, 5.41) is 12.2. The molecule has 0 aliphatic rings. The van der Waals surface area contributed by atoms with Gasteiger partial charge in [0.25, 0.3) is 10.3 Å². The van der Waals surface area contributed by atoms with Gasteiger partial charge in [-0.15, -0.1) is 0 Å². The van der Waals surface area contributed by atoms with Crippen molar-refractivity contribution in [3.63, 3.8) is 0 Å². The van der Waals surface area contributed by atoms with Crippen molar-refractivity contribution < 1.29 is 14.5 Å². The second-order valence-electron chi connectivity index (χ2n) is 6.72. The van der Waals surface area contributed by atoms with Crippen LogP contribution in [0.3, 0.4) is 0 Å². The first-order valence-corrected chi connectivity index (χ1v) is 9.93. The molecule has 27 heavy (non-hydrogen) atoms. The number of halogens is 2. The van der Waals surface area contributed by atoms with Crippen LogP contribution < -0.4 is 4.57 Å². The number of aryl methyl sites for hydroxylation is 3. The zero-order valence-corrected chi connectivity index (χ0v) is 16.6. The van der Waals surface area contributed by atoms with E-state index in [1.807, 2.05) is 27.6 Å². The molecule has 0 bridgehead atoms. The molecule has 1 aromatic heterocycles. The Bertz CT molecular complexity index is 937. The van der Waals surface area contributed by atoms with Crippen LogP contribution in [0.4, 0.5) is 0 Å². The number of fused-ring (bicyclic) bond motifs is 1. The predicted octanol–water partition coefficient (Wildman–Crippen LogP) is 5.12. The van der Waals surface area contributed by atoms with E-state index in [1.165, 1.54) is 16.3 Å². The number of aromatic nitrogens is 2. The van der Waals surface area contributed by atoms with Crippen LogP contribution in [0.15, 0.2) is 48.8 Å². The Labute approximate surface area is 169 Å². The summed E-state index contributed by atoms with van der Waals surface area (Å²) in [4.78, 5) is 10.5. The van der Waals surface area contributed by atoms with Crippen molar-refractivity contribution >= 4 is 39.9 Å². The van der Waals surface area contributed by atoms with E-state index in [2.05, 4.69) is 30.3 Å². The number of rotatable bonds is 9. The lowest BCUT2D eigenvalue weighted by molar-refractivity contribution is -0.694. The lowest BCUT2D eigenvalue weighted by atomic mass is 10.1. The maximum Gasteiger partial charge on any atom is 0.303 e. The average molecular weight is 406 g/mol. The maximum atomic E-state index is 10.5. The van der Waals surface area contributed by atoms with Gasteiger partial charge in [0, 0.05) is 12.8 Å². The number of benzene rings is 2. The SMILES string of the molecule is O=C(O)CCCCC[n+]1cn(CCc2ccc3ccccc3c2)c(Cl)c1Cl. The van der Waals surface area contributed by atoms with Crippen LogP contribution in [-0.2, 0) is 24.3 Å². The van der Waals surface area contributed by atoms with Crippen molar-refractivity contribution in [2.24, 2.45) is 0 Å². The van der Waals surface area contributed by atoms with Gasteiger partial charge in [-0.1, -0.05) is 42.5 Å². The van der Waals surface area contributed by atoms with Crippen LogP contribution in [0.25, 0.3) is 10.8 Å². The van der Waals surface area contributed by atoms with Gasteiger partial charge in [-0.25, -0.2) is 9.13 Å². The summed E-state index contributed by atoms with van der Waals surface area (Å²) in [6.07, 6.45) is 5.45. The van der Waals surface area contributed by atoms with Crippen molar-refractivity contribution in [3.8, 4) is 0 Å². The minimum absolute atomic E-state index is 0.214. The van der Waals surface area contributed by atoms with E-state index in [4.69, 9.17) is 28.3 Å². The topological polar surface area (TPSA) is 46.1 Å². The lowest BCUT2D eigenvalue weighted by Crippen LogP contribution is -2.32. The molecule has 0 radical (unpaired) electrons. The largest absolute Gasteiger partial charge is 0.481 e. The Morgan fingerprint density at radius 2 is 1.81 bits per heavy atom. The minimum Gasteiger partial charge on any atom is -0.481 e. The number of carbonyl (C=O) groups is 1. The highest BCUT2D eigenvalue weighted by molar-refractivity contribution is 6.39. The van der Waals surface area contributed by atoms with Crippen LogP contribution in [0.5, 0.6) is 0 Å². The van der Waals surface area contributed by atoms with Gasteiger partial charge in [0.15, 0.2) is 0 Å². The molecule has 142 valence electrons. The Hall–Kier alpha value is -2.04. The number of imidazole rings is 1. The Kier molecular flexibility index (Phi) is 6.75. The molecule has 3 aromatic rings. The Morgan fingerprint density at radius 1 is 1.04 bits per heavy atom. The fourth-order valence-electron chi connectivity index (χ4n) is 3.20. The highest BCUT2D eigenvalue weighted by atomic mass is 35.5. The summed E-state index contributed by atoms with van der Waals surface area (Å²) in [7, 11) is 0.